The molecular weight excluding hydrogens is 366 g/mol. The number of hydrogen-bond acceptors (Lipinski definition) is 4. The van der Waals surface area contributed by atoms with Crippen molar-refractivity contribution in [2.24, 2.45) is 11.8 Å². The number of nitrogens with zero attached hydrogens (tertiary/aromatic N) is 2. The van der Waals surface area contributed by atoms with E-state index in [1.165, 1.54) is 5.56 Å². The van der Waals surface area contributed by atoms with Crippen LogP contribution in [0, 0.1) is 11.8 Å². The minimum Gasteiger partial charge on any atom is -0.497 e. The Balaban J connectivity index is 1.51. The van der Waals surface area contributed by atoms with E-state index < -0.39 is 5.97 Å². The molecule has 1 saturated heterocycles. The van der Waals surface area contributed by atoms with Crippen LogP contribution in [0.25, 0.3) is 11.0 Å². The Bertz CT molecular complexity index is 970. The van der Waals surface area contributed by atoms with Crippen molar-refractivity contribution in [3.05, 3.63) is 59.9 Å². The van der Waals surface area contributed by atoms with E-state index in [0.29, 0.717) is 0 Å². The molecule has 0 saturated carbocycles. The van der Waals surface area contributed by atoms with Crippen molar-refractivity contribution in [3.8, 4) is 5.75 Å². The monoisotopic (exact) mass is 393 g/mol. The van der Waals surface area contributed by atoms with E-state index in [1.807, 2.05) is 24.3 Å². The Morgan fingerprint density at radius 1 is 1.24 bits per heavy atom. The molecule has 3 aromatic rings. The summed E-state index contributed by atoms with van der Waals surface area (Å²) in [6.07, 6.45) is 1.87. The lowest BCUT2D eigenvalue weighted by molar-refractivity contribution is -0.139. The molecule has 1 aliphatic rings. The third-order valence-corrected chi connectivity index (χ3v) is 5.85. The molecule has 29 heavy (non-hydrogen) atoms. The number of carbonyl (C=O) groups is 1. The number of carboxylic acids is 1. The van der Waals surface area contributed by atoms with E-state index in [0.717, 1.165) is 55.1 Å². The molecule has 1 aromatic heterocycles. The third-order valence-electron chi connectivity index (χ3n) is 5.85. The predicted octanol–water partition coefficient (Wildman–Crippen LogP) is 3.73. The Labute approximate surface area is 170 Å². The number of methoxy groups -OCH3 is 1. The first-order valence-electron chi connectivity index (χ1n) is 10.1. The summed E-state index contributed by atoms with van der Waals surface area (Å²) in [5.74, 6) is 1.41. The summed E-state index contributed by atoms with van der Waals surface area (Å²) in [4.78, 5) is 22.0. The van der Waals surface area contributed by atoms with Gasteiger partial charge in [-0.2, -0.15) is 0 Å². The number of fused-ring (bicyclic) bond motifs is 1. The van der Waals surface area contributed by atoms with Gasteiger partial charge in [0, 0.05) is 32.0 Å². The second-order valence-electron chi connectivity index (χ2n) is 7.90. The van der Waals surface area contributed by atoms with E-state index >= 15 is 0 Å². The number of piperidine rings is 1. The fraction of sp³-hybridized carbons (Fsp3) is 0.391. The van der Waals surface area contributed by atoms with Crippen molar-refractivity contribution in [3.63, 3.8) is 0 Å². The SMILES string of the molecule is COc1ccc2nc(CC3CN(Cc4ccccc4)CCC3CC(=O)O)[nH]c2c1. The summed E-state index contributed by atoms with van der Waals surface area (Å²) in [5, 5.41) is 9.37. The fourth-order valence-corrected chi connectivity index (χ4v) is 4.38. The number of carboxylic acid groups (broad SMARTS) is 1. The van der Waals surface area contributed by atoms with Crippen molar-refractivity contribution in [2.45, 2.75) is 25.8 Å². The lowest BCUT2D eigenvalue weighted by Crippen LogP contribution is -2.41. The van der Waals surface area contributed by atoms with Gasteiger partial charge in [-0.15, -0.1) is 0 Å². The van der Waals surface area contributed by atoms with Gasteiger partial charge in [0.25, 0.3) is 0 Å². The number of benzene rings is 2. The molecular formula is C23H27N3O3. The molecule has 2 atom stereocenters. The maximum atomic E-state index is 11.4. The van der Waals surface area contributed by atoms with Crippen LogP contribution >= 0.6 is 0 Å². The number of aromatic nitrogens is 2. The number of ether oxygens (including phenoxy) is 1. The van der Waals surface area contributed by atoms with Crippen LogP contribution in [0.15, 0.2) is 48.5 Å². The molecule has 6 nitrogen and oxygen atoms in total. The topological polar surface area (TPSA) is 78.4 Å². The highest BCUT2D eigenvalue weighted by molar-refractivity contribution is 5.76. The highest BCUT2D eigenvalue weighted by atomic mass is 16.5. The molecule has 0 radical (unpaired) electrons. The van der Waals surface area contributed by atoms with E-state index in [2.05, 4.69) is 34.1 Å². The highest BCUT2D eigenvalue weighted by Crippen LogP contribution is 2.30. The van der Waals surface area contributed by atoms with Crippen molar-refractivity contribution >= 4 is 17.0 Å². The largest absolute Gasteiger partial charge is 0.497 e. The van der Waals surface area contributed by atoms with Crippen LogP contribution in [0.2, 0.25) is 0 Å². The zero-order valence-corrected chi connectivity index (χ0v) is 16.7. The molecule has 2 unspecified atom stereocenters. The first-order chi connectivity index (χ1) is 14.1. The van der Waals surface area contributed by atoms with Gasteiger partial charge in [-0.3, -0.25) is 9.69 Å². The summed E-state index contributed by atoms with van der Waals surface area (Å²) in [5.41, 5.74) is 3.15. The molecule has 1 fully saturated rings. The maximum Gasteiger partial charge on any atom is 0.303 e. The molecule has 0 spiro atoms. The first kappa shape index (κ1) is 19.5. The number of likely N-dealkylation sites (tertiary alicyclic amines) is 1. The van der Waals surface area contributed by atoms with Gasteiger partial charge in [0.15, 0.2) is 0 Å². The zero-order chi connectivity index (χ0) is 20.2. The number of hydrogen-bond donors (Lipinski definition) is 2. The Morgan fingerprint density at radius 2 is 2.07 bits per heavy atom. The number of aromatic amines is 1. The molecule has 4 rings (SSSR count). The molecule has 0 bridgehead atoms. The van der Waals surface area contributed by atoms with Gasteiger partial charge >= 0.3 is 5.97 Å². The van der Waals surface area contributed by atoms with Gasteiger partial charge < -0.3 is 14.8 Å². The van der Waals surface area contributed by atoms with Gasteiger partial charge in [0.05, 0.1) is 18.1 Å². The standard InChI is InChI=1S/C23H27N3O3/c1-29-19-7-8-20-21(13-19)25-22(24-20)11-18-15-26(10-9-17(18)12-23(27)28)14-16-5-3-2-4-6-16/h2-8,13,17-18H,9-12,14-15H2,1H3,(H,24,25)(H,27,28). The highest BCUT2D eigenvalue weighted by Gasteiger charge is 2.31. The van der Waals surface area contributed by atoms with Gasteiger partial charge in [-0.05, 0) is 42.5 Å². The van der Waals surface area contributed by atoms with E-state index in [-0.39, 0.29) is 18.3 Å². The van der Waals surface area contributed by atoms with Crippen LogP contribution in [0.1, 0.15) is 24.2 Å². The number of imidazole rings is 1. The second kappa shape index (κ2) is 8.66. The minimum atomic E-state index is -0.717. The summed E-state index contributed by atoms with van der Waals surface area (Å²) in [6, 6.07) is 16.2. The minimum absolute atomic E-state index is 0.169. The summed E-state index contributed by atoms with van der Waals surface area (Å²) < 4.78 is 5.29. The van der Waals surface area contributed by atoms with Crippen molar-refractivity contribution in [1.29, 1.82) is 0 Å². The molecule has 2 N–H and O–H groups in total. The molecule has 1 aliphatic heterocycles. The summed E-state index contributed by atoms with van der Waals surface area (Å²) in [7, 11) is 1.65. The Hall–Kier alpha value is -2.86. The van der Waals surface area contributed by atoms with Crippen LogP contribution in [0.3, 0.4) is 0 Å². The normalized spacial score (nSPS) is 20.0. The Morgan fingerprint density at radius 3 is 2.83 bits per heavy atom. The fourth-order valence-electron chi connectivity index (χ4n) is 4.38. The van der Waals surface area contributed by atoms with Crippen LogP contribution in [0.4, 0.5) is 0 Å². The molecule has 6 heteroatoms. The second-order valence-corrected chi connectivity index (χ2v) is 7.90. The zero-order valence-electron chi connectivity index (χ0n) is 16.7. The first-order valence-corrected chi connectivity index (χ1v) is 10.1. The summed E-state index contributed by atoms with van der Waals surface area (Å²) >= 11 is 0. The molecule has 2 aromatic carbocycles. The van der Waals surface area contributed by atoms with E-state index in [9.17, 15) is 9.90 Å². The van der Waals surface area contributed by atoms with E-state index in [4.69, 9.17) is 9.72 Å². The molecule has 0 aliphatic carbocycles. The Kier molecular flexibility index (Phi) is 5.81. The van der Waals surface area contributed by atoms with Crippen molar-refractivity contribution in [1.82, 2.24) is 14.9 Å². The third kappa shape index (κ3) is 4.77. The quantitative estimate of drug-likeness (QED) is 0.640. The van der Waals surface area contributed by atoms with Crippen LogP contribution < -0.4 is 4.74 Å². The summed E-state index contributed by atoms with van der Waals surface area (Å²) in [6.45, 7) is 2.71. The predicted molar refractivity (Wildman–Crippen MR) is 112 cm³/mol. The van der Waals surface area contributed by atoms with Gasteiger partial charge in [0.1, 0.15) is 11.6 Å². The van der Waals surface area contributed by atoms with Gasteiger partial charge in [-0.1, -0.05) is 30.3 Å². The van der Waals surface area contributed by atoms with Crippen LogP contribution in [-0.2, 0) is 17.8 Å². The number of rotatable bonds is 7. The maximum absolute atomic E-state index is 11.4. The van der Waals surface area contributed by atoms with Crippen molar-refractivity contribution < 1.29 is 14.6 Å². The lowest BCUT2D eigenvalue weighted by Gasteiger charge is -2.38. The molecule has 0 amide bonds. The van der Waals surface area contributed by atoms with E-state index in [1.54, 1.807) is 7.11 Å². The lowest BCUT2D eigenvalue weighted by atomic mass is 9.81. The van der Waals surface area contributed by atoms with Crippen LogP contribution in [0.5, 0.6) is 5.75 Å². The average molecular weight is 393 g/mol. The van der Waals surface area contributed by atoms with Gasteiger partial charge in [0.2, 0.25) is 0 Å². The van der Waals surface area contributed by atoms with Gasteiger partial charge in [-0.25, -0.2) is 4.98 Å². The van der Waals surface area contributed by atoms with Crippen LogP contribution in [-0.4, -0.2) is 46.1 Å². The number of nitrogens with one attached hydrogen (secondary N) is 1. The average Bonchev–Trinajstić information content (AvgIpc) is 3.11. The number of H-pyrrole nitrogens is 1. The molecule has 2 heterocycles. The molecule has 152 valence electrons. The smallest absolute Gasteiger partial charge is 0.303 e. The number of aliphatic carboxylic acids is 1. The van der Waals surface area contributed by atoms with Crippen molar-refractivity contribution in [2.75, 3.05) is 20.2 Å².